The first-order chi connectivity index (χ1) is 14.2. The SMILES string of the molecule is NC1CCC(Nc2ncc(Cl)c(-c3cccc(NCC4CCCCC4)n3)n2)CC1. The van der Waals surface area contributed by atoms with Crippen LogP contribution in [-0.2, 0) is 0 Å². The minimum absolute atomic E-state index is 0.322. The molecule has 2 aromatic rings. The summed E-state index contributed by atoms with van der Waals surface area (Å²) in [5.74, 6) is 2.22. The van der Waals surface area contributed by atoms with Gasteiger partial charge in [-0.2, -0.15) is 0 Å². The summed E-state index contributed by atoms with van der Waals surface area (Å²) in [7, 11) is 0. The molecule has 0 radical (unpaired) electrons. The highest BCUT2D eigenvalue weighted by Crippen LogP contribution is 2.28. The zero-order valence-electron chi connectivity index (χ0n) is 16.9. The van der Waals surface area contributed by atoms with Crippen molar-refractivity contribution in [3.05, 3.63) is 29.4 Å². The van der Waals surface area contributed by atoms with Crippen molar-refractivity contribution in [1.29, 1.82) is 0 Å². The van der Waals surface area contributed by atoms with Gasteiger partial charge in [-0.25, -0.2) is 15.0 Å². The van der Waals surface area contributed by atoms with Gasteiger partial charge in [0, 0.05) is 18.6 Å². The molecule has 0 unspecified atom stereocenters. The zero-order chi connectivity index (χ0) is 20.1. The standard InChI is InChI=1S/C22H31ClN6/c23-18-14-26-22(27-17-11-9-16(24)10-12-17)29-21(18)19-7-4-8-20(28-19)25-13-15-5-2-1-3-6-15/h4,7-8,14-17H,1-3,5-6,9-13,24H2,(H,25,28)(H,26,27,29). The Labute approximate surface area is 178 Å². The molecule has 0 saturated heterocycles. The monoisotopic (exact) mass is 414 g/mol. The summed E-state index contributed by atoms with van der Waals surface area (Å²) in [6.45, 7) is 0.977. The Morgan fingerprint density at radius 2 is 1.79 bits per heavy atom. The minimum atomic E-state index is 0.322. The maximum Gasteiger partial charge on any atom is 0.223 e. The van der Waals surface area contributed by atoms with E-state index in [-0.39, 0.29) is 0 Å². The number of rotatable bonds is 6. The van der Waals surface area contributed by atoms with Gasteiger partial charge >= 0.3 is 0 Å². The van der Waals surface area contributed by atoms with Crippen LogP contribution in [0.15, 0.2) is 24.4 Å². The van der Waals surface area contributed by atoms with Crippen LogP contribution in [0.4, 0.5) is 11.8 Å². The van der Waals surface area contributed by atoms with Gasteiger partial charge in [-0.05, 0) is 56.6 Å². The Morgan fingerprint density at radius 1 is 1.00 bits per heavy atom. The summed E-state index contributed by atoms with van der Waals surface area (Å²) in [4.78, 5) is 13.8. The molecule has 7 heteroatoms. The molecular formula is C22H31ClN6. The third-order valence-electron chi connectivity index (χ3n) is 6.14. The summed E-state index contributed by atoms with van der Waals surface area (Å²) in [6.07, 6.45) is 12.5. The van der Waals surface area contributed by atoms with Gasteiger partial charge in [0.05, 0.1) is 16.9 Å². The Kier molecular flexibility index (Phi) is 6.82. The molecule has 2 aliphatic rings. The van der Waals surface area contributed by atoms with Crippen molar-refractivity contribution < 1.29 is 0 Å². The molecular weight excluding hydrogens is 384 g/mol. The van der Waals surface area contributed by atoms with E-state index in [1.54, 1.807) is 6.20 Å². The minimum Gasteiger partial charge on any atom is -0.370 e. The van der Waals surface area contributed by atoms with E-state index >= 15 is 0 Å². The predicted molar refractivity (Wildman–Crippen MR) is 119 cm³/mol. The summed E-state index contributed by atoms with van der Waals surface area (Å²) in [5.41, 5.74) is 7.43. The van der Waals surface area contributed by atoms with Crippen molar-refractivity contribution in [3.63, 3.8) is 0 Å². The smallest absolute Gasteiger partial charge is 0.223 e. The average Bonchev–Trinajstić information content (AvgIpc) is 2.76. The lowest BCUT2D eigenvalue weighted by Gasteiger charge is -2.26. The maximum absolute atomic E-state index is 6.41. The number of nitrogens with two attached hydrogens (primary N) is 1. The number of halogens is 1. The molecule has 6 nitrogen and oxygen atoms in total. The summed E-state index contributed by atoms with van der Waals surface area (Å²) in [5, 5.41) is 7.46. The molecule has 29 heavy (non-hydrogen) atoms. The quantitative estimate of drug-likeness (QED) is 0.625. The van der Waals surface area contributed by atoms with E-state index < -0.39 is 0 Å². The van der Waals surface area contributed by atoms with E-state index in [4.69, 9.17) is 22.3 Å². The first-order valence-corrected chi connectivity index (χ1v) is 11.3. The molecule has 0 spiro atoms. The lowest BCUT2D eigenvalue weighted by atomic mass is 9.89. The van der Waals surface area contributed by atoms with Crippen molar-refractivity contribution in [1.82, 2.24) is 15.0 Å². The maximum atomic E-state index is 6.41. The van der Waals surface area contributed by atoms with E-state index in [1.165, 1.54) is 32.1 Å². The largest absolute Gasteiger partial charge is 0.370 e. The summed E-state index contributed by atoms with van der Waals surface area (Å²) >= 11 is 6.41. The Morgan fingerprint density at radius 3 is 2.59 bits per heavy atom. The molecule has 0 aliphatic heterocycles. The number of aromatic nitrogens is 3. The van der Waals surface area contributed by atoms with Gasteiger partial charge in [0.2, 0.25) is 5.95 Å². The number of anilines is 2. The third-order valence-corrected chi connectivity index (χ3v) is 6.41. The molecule has 4 N–H and O–H groups in total. The van der Waals surface area contributed by atoms with E-state index in [2.05, 4.69) is 20.6 Å². The lowest BCUT2D eigenvalue weighted by Crippen LogP contribution is -2.33. The molecule has 2 heterocycles. The molecule has 2 aliphatic carbocycles. The van der Waals surface area contributed by atoms with Gasteiger partial charge < -0.3 is 16.4 Å². The Hall–Kier alpha value is -1.92. The highest BCUT2D eigenvalue weighted by molar-refractivity contribution is 6.32. The van der Waals surface area contributed by atoms with Crippen LogP contribution in [0.3, 0.4) is 0 Å². The van der Waals surface area contributed by atoms with Gasteiger partial charge in [-0.15, -0.1) is 0 Å². The summed E-state index contributed by atoms with van der Waals surface area (Å²) < 4.78 is 0. The number of hydrogen-bond acceptors (Lipinski definition) is 6. The first kappa shape index (κ1) is 20.4. The fourth-order valence-electron chi connectivity index (χ4n) is 4.37. The van der Waals surface area contributed by atoms with E-state index in [0.29, 0.717) is 28.7 Å². The Balaban J connectivity index is 1.44. The average molecular weight is 415 g/mol. The van der Waals surface area contributed by atoms with Crippen LogP contribution in [0, 0.1) is 5.92 Å². The van der Waals surface area contributed by atoms with Gasteiger partial charge in [-0.1, -0.05) is 36.9 Å². The van der Waals surface area contributed by atoms with Crippen molar-refractivity contribution in [2.75, 3.05) is 17.2 Å². The highest BCUT2D eigenvalue weighted by atomic mass is 35.5. The van der Waals surface area contributed by atoms with E-state index in [0.717, 1.165) is 49.7 Å². The zero-order valence-corrected chi connectivity index (χ0v) is 17.7. The van der Waals surface area contributed by atoms with Crippen LogP contribution in [0.1, 0.15) is 57.8 Å². The molecule has 156 valence electrons. The molecule has 2 saturated carbocycles. The molecule has 0 atom stereocenters. The van der Waals surface area contributed by atoms with Crippen molar-refractivity contribution in [2.24, 2.45) is 11.7 Å². The van der Waals surface area contributed by atoms with Crippen LogP contribution in [0.25, 0.3) is 11.4 Å². The van der Waals surface area contributed by atoms with Gasteiger partial charge in [-0.3, -0.25) is 0 Å². The van der Waals surface area contributed by atoms with E-state index in [1.807, 2.05) is 18.2 Å². The number of nitrogens with one attached hydrogen (secondary N) is 2. The van der Waals surface area contributed by atoms with Crippen molar-refractivity contribution in [2.45, 2.75) is 69.9 Å². The van der Waals surface area contributed by atoms with Crippen LogP contribution >= 0.6 is 11.6 Å². The summed E-state index contributed by atoms with van der Waals surface area (Å²) in [6, 6.07) is 6.64. The van der Waals surface area contributed by atoms with Crippen LogP contribution in [0.2, 0.25) is 5.02 Å². The number of hydrogen-bond donors (Lipinski definition) is 3. The Bertz CT molecular complexity index is 800. The first-order valence-electron chi connectivity index (χ1n) is 10.9. The molecule has 2 aromatic heterocycles. The van der Waals surface area contributed by atoms with Gasteiger partial charge in [0.1, 0.15) is 11.5 Å². The molecule has 0 aromatic carbocycles. The molecule has 4 rings (SSSR count). The predicted octanol–water partition coefficient (Wildman–Crippen LogP) is 4.87. The second-order valence-corrected chi connectivity index (χ2v) is 8.85. The second-order valence-electron chi connectivity index (χ2n) is 8.44. The number of nitrogens with zero attached hydrogens (tertiary/aromatic N) is 3. The highest BCUT2D eigenvalue weighted by Gasteiger charge is 2.20. The second kappa shape index (κ2) is 9.72. The fraction of sp³-hybridized carbons (Fsp3) is 0.591. The third kappa shape index (κ3) is 5.58. The normalized spacial score (nSPS) is 23.0. The van der Waals surface area contributed by atoms with Gasteiger partial charge in [0.15, 0.2) is 0 Å². The molecule has 0 amide bonds. The van der Waals surface area contributed by atoms with Crippen molar-refractivity contribution >= 4 is 23.4 Å². The number of pyridine rings is 1. The topological polar surface area (TPSA) is 88.8 Å². The molecule has 2 fully saturated rings. The van der Waals surface area contributed by atoms with Gasteiger partial charge in [0.25, 0.3) is 0 Å². The fourth-order valence-corrected chi connectivity index (χ4v) is 4.56. The van der Waals surface area contributed by atoms with Crippen molar-refractivity contribution in [3.8, 4) is 11.4 Å². The van der Waals surface area contributed by atoms with Crippen LogP contribution < -0.4 is 16.4 Å². The lowest BCUT2D eigenvalue weighted by molar-refractivity contribution is 0.373. The molecule has 0 bridgehead atoms. The van der Waals surface area contributed by atoms with E-state index in [9.17, 15) is 0 Å². The van der Waals surface area contributed by atoms with Crippen LogP contribution in [-0.4, -0.2) is 33.6 Å². The van der Waals surface area contributed by atoms with Crippen LogP contribution in [0.5, 0.6) is 0 Å².